The van der Waals surface area contributed by atoms with Gasteiger partial charge in [0.05, 0.1) is 12.2 Å². The van der Waals surface area contributed by atoms with Crippen molar-refractivity contribution in [3.05, 3.63) is 42.0 Å². The molecule has 0 radical (unpaired) electrons. The Morgan fingerprint density at radius 2 is 2.09 bits per heavy atom. The summed E-state index contributed by atoms with van der Waals surface area (Å²) in [4.78, 5) is 6.46. The van der Waals surface area contributed by atoms with E-state index in [1.807, 2.05) is 41.9 Å². The topological polar surface area (TPSA) is 62.4 Å². The van der Waals surface area contributed by atoms with Crippen LogP contribution in [0.3, 0.4) is 0 Å². The Morgan fingerprint density at radius 1 is 1.30 bits per heavy atom. The zero-order valence-corrected chi connectivity index (χ0v) is 14.6. The minimum atomic E-state index is 0.235. The molecule has 1 unspecified atom stereocenters. The van der Waals surface area contributed by atoms with E-state index in [0.717, 1.165) is 19.0 Å². The van der Waals surface area contributed by atoms with Crippen LogP contribution in [0.15, 0.2) is 35.8 Å². The predicted octanol–water partition coefficient (Wildman–Crippen LogP) is 0.727. The van der Waals surface area contributed by atoms with Crippen molar-refractivity contribution in [2.24, 2.45) is 19.1 Å². The Balaban J connectivity index is 1.90. The summed E-state index contributed by atoms with van der Waals surface area (Å²) in [5, 5.41) is 11.0. The van der Waals surface area contributed by atoms with Crippen molar-refractivity contribution in [1.82, 2.24) is 29.9 Å². The van der Waals surface area contributed by atoms with Gasteiger partial charge in [0.25, 0.3) is 0 Å². The third-order valence-corrected chi connectivity index (χ3v) is 3.77. The zero-order chi connectivity index (χ0) is 16.8. The minimum absolute atomic E-state index is 0.235. The number of aryl methyl sites for hydroxylation is 2. The Bertz CT molecular complexity index is 638. The lowest BCUT2D eigenvalue weighted by Gasteiger charge is -2.24. The molecule has 1 atom stereocenters. The molecule has 0 aliphatic heterocycles. The first kappa shape index (κ1) is 17.1. The highest BCUT2D eigenvalue weighted by Gasteiger charge is 2.16. The fourth-order valence-corrected chi connectivity index (χ4v) is 2.48. The standard InChI is InChI=1S/C16H27N7/c1-17-16(18-8-13-6-7-22(4)11-13)19-10-15(21(2)3)14-9-20-23(5)12-14/h6-7,9,11-12,15H,8,10H2,1-5H3,(H2,17,18,19). The molecule has 2 rings (SSSR count). The summed E-state index contributed by atoms with van der Waals surface area (Å²) in [6.45, 7) is 1.51. The van der Waals surface area contributed by atoms with Gasteiger partial charge in [-0.3, -0.25) is 9.67 Å². The monoisotopic (exact) mass is 317 g/mol. The smallest absolute Gasteiger partial charge is 0.191 e. The van der Waals surface area contributed by atoms with E-state index in [1.165, 1.54) is 11.1 Å². The molecular formula is C16H27N7. The molecule has 2 aromatic rings. The van der Waals surface area contributed by atoms with Crippen LogP contribution < -0.4 is 10.6 Å². The molecule has 0 bridgehead atoms. The molecule has 0 fully saturated rings. The summed E-state index contributed by atoms with van der Waals surface area (Å²) < 4.78 is 3.87. The van der Waals surface area contributed by atoms with Gasteiger partial charge >= 0.3 is 0 Å². The number of guanidine groups is 1. The number of likely N-dealkylation sites (N-methyl/N-ethyl adjacent to an activating group) is 1. The number of aliphatic imine (C=N–C) groups is 1. The van der Waals surface area contributed by atoms with Gasteiger partial charge in [-0.2, -0.15) is 5.10 Å². The van der Waals surface area contributed by atoms with Gasteiger partial charge in [-0.1, -0.05) is 0 Å². The number of rotatable bonds is 6. The molecule has 2 aromatic heterocycles. The van der Waals surface area contributed by atoms with Crippen LogP contribution in [-0.4, -0.2) is 52.9 Å². The summed E-state index contributed by atoms with van der Waals surface area (Å²) in [6, 6.07) is 2.33. The highest BCUT2D eigenvalue weighted by atomic mass is 15.3. The fourth-order valence-electron chi connectivity index (χ4n) is 2.48. The second kappa shape index (κ2) is 7.82. The lowest BCUT2D eigenvalue weighted by molar-refractivity contribution is 0.298. The van der Waals surface area contributed by atoms with Crippen molar-refractivity contribution in [3.63, 3.8) is 0 Å². The van der Waals surface area contributed by atoms with Gasteiger partial charge in [-0.15, -0.1) is 0 Å². The molecule has 7 heteroatoms. The molecule has 0 spiro atoms. The third-order valence-electron chi connectivity index (χ3n) is 3.77. The van der Waals surface area contributed by atoms with Crippen LogP contribution in [-0.2, 0) is 20.6 Å². The zero-order valence-electron chi connectivity index (χ0n) is 14.6. The molecule has 2 heterocycles. The van der Waals surface area contributed by atoms with Crippen molar-refractivity contribution in [1.29, 1.82) is 0 Å². The van der Waals surface area contributed by atoms with Crippen LogP contribution in [0.1, 0.15) is 17.2 Å². The Labute approximate surface area is 138 Å². The van der Waals surface area contributed by atoms with E-state index < -0.39 is 0 Å². The van der Waals surface area contributed by atoms with Gasteiger partial charge in [0, 0.05) is 58.4 Å². The average molecular weight is 317 g/mol. The van der Waals surface area contributed by atoms with Crippen molar-refractivity contribution in [2.75, 3.05) is 27.7 Å². The summed E-state index contributed by atoms with van der Waals surface area (Å²) in [6.07, 6.45) is 8.09. The van der Waals surface area contributed by atoms with E-state index in [9.17, 15) is 0 Å². The van der Waals surface area contributed by atoms with Gasteiger partial charge in [0.1, 0.15) is 0 Å². The lowest BCUT2D eigenvalue weighted by Crippen LogP contribution is -2.41. The van der Waals surface area contributed by atoms with Crippen LogP contribution in [0.2, 0.25) is 0 Å². The summed E-state index contributed by atoms with van der Waals surface area (Å²) in [5.41, 5.74) is 2.41. The van der Waals surface area contributed by atoms with Gasteiger partial charge in [-0.05, 0) is 25.7 Å². The highest BCUT2D eigenvalue weighted by molar-refractivity contribution is 5.79. The van der Waals surface area contributed by atoms with Crippen molar-refractivity contribution >= 4 is 5.96 Å². The van der Waals surface area contributed by atoms with E-state index in [-0.39, 0.29) is 6.04 Å². The SMILES string of the molecule is CN=C(NCc1ccn(C)c1)NCC(c1cnn(C)c1)N(C)C. The maximum Gasteiger partial charge on any atom is 0.191 e. The molecule has 2 N–H and O–H groups in total. The minimum Gasteiger partial charge on any atom is -0.357 e. The largest absolute Gasteiger partial charge is 0.357 e. The molecule has 0 saturated carbocycles. The lowest BCUT2D eigenvalue weighted by atomic mass is 10.1. The number of nitrogens with zero attached hydrogens (tertiary/aromatic N) is 5. The van der Waals surface area contributed by atoms with Gasteiger partial charge in [0.2, 0.25) is 0 Å². The molecule has 126 valence electrons. The van der Waals surface area contributed by atoms with E-state index in [1.54, 1.807) is 7.05 Å². The van der Waals surface area contributed by atoms with Crippen LogP contribution >= 0.6 is 0 Å². The Hall–Kier alpha value is -2.28. The van der Waals surface area contributed by atoms with Crippen LogP contribution in [0.25, 0.3) is 0 Å². The summed E-state index contributed by atoms with van der Waals surface area (Å²) >= 11 is 0. The molecule has 0 aliphatic carbocycles. The predicted molar refractivity (Wildman–Crippen MR) is 93.3 cm³/mol. The number of aromatic nitrogens is 3. The maximum atomic E-state index is 4.29. The van der Waals surface area contributed by atoms with Gasteiger partial charge < -0.3 is 20.1 Å². The number of hydrogen-bond acceptors (Lipinski definition) is 3. The van der Waals surface area contributed by atoms with E-state index in [0.29, 0.717) is 0 Å². The van der Waals surface area contributed by atoms with E-state index in [4.69, 9.17) is 0 Å². The third kappa shape index (κ3) is 4.85. The molecule has 0 amide bonds. The maximum absolute atomic E-state index is 4.29. The second-order valence-electron chi connectivity index (χ2n) is 5.92. The molecule has 0 aliphatic rings. The second-order valence-corrected chi connectivity index (χ2v) is 5.92. The fraction of sp³-hybridized carbons (Fsp3) is 0.500. The Kier molecular flexibility index (Phi) is 5.81. The quantitative estimate of drug-likeness (QED) is 0.609. The Morgan fingerprint density at radius 3 is 2.61 bits per heavy atom. The molecular weight excluding hydrogens is 290 g/mol. The molecule has 0 saturated heterocycles. The van der Waals surface area contributed by atoms with Crippen molar-refractivity contribution in [3.8, 4) is 0 Å². The van der Waals surface area contributed by atoms with Gasteiger partial charge in [0.15, 0.2) is 5.96 Å². The van der Waals surface area contributed by atoms with Gasteiger partial charge in [-0.25, -0.2) is 0 Å². The first-order chi connectivity index (χ1) is 11.0. The van der Waals surface area contributed by atoms with Crippen LogP contribution in [0.5, 0.6) is 0 Å². The number of hydrogen-bond donors (Lipinski definition) is 2. The molecule has 23 heavy (non-hydrogen) atoms. The van der Waals surface area contributed by atoms with Crippen molar-refractivity contribution < 1.29 is 0 Å². The van der Waals surface area contributed by atoms with Crippen molar-refractivity contribution in [2.45, 2.75) is 12.6 Å². The molecule has 0 aromatic carbocycles. The number of nitrogens with one attached hydrogen (secondary N) is 2. The average Bonchev–Trinajstić information content (AvgIpc) is 3.11. The highest BCUT2D eigenvalue weighted by Crippen LogP contribution is 2.15. The first-order valence-corrected chi connectivity index (χ1v) is 7.70. The first-order valence-electron chi connectivity index (χ1n) is 7.70. The van der Waals surface area contributed by atoms with E-state index >= 15 is 0 Å². The molecule has 7 nitrogen and oxygen atoms in total. The van der Waals surface area contributed by atoms with Crippen LogP contribution in [0.4, 0.5) is 0 Å². The summed E-state index contributed by atoms with van der Waals surface area (Å²) in [5.74, 6) is 0.796. The van der Waals surface area contributed by atoms with E-state index in [2.05, 4.69) is 52.0 Å². The van der Waals surface area contributed by atoms with Crippen LogP contribution in [0, 0.1) is 0 Å². The summed E-state index contributed by atoms with van der Waals surface area (Å²) in [7, 11) is 9.88. The normalized spacial score (nSPS) is 13.4.